The van der Waals surface area contributed by atoms with Crippen LogP contribution >= 0.6 is 23.1 Å². The van der Waals surface area contributed by atoms with E-state index in [2.05, 4.69) is 14.5 Å². The smallest absolute Gasteiger partial charge is 0.138 e. The summed E-state index contributed by atoms with van der Waals surface area (Å²) in [4.78, 5) is 13.0. The van der Waals surface area contributed by atoms with Gasteiger partial charge in [0.2, 0.25) is 0 Å². The topological polar surface area (TPSA) is 46.1 Å². The molecule has 0 aromatic carbocycles. The summed E-state index contributed by atoms with van der Waals surface area (Å²) in [5.41, 5.74) is 0.787. The van der Waals surface area contributed by atoms with Crippen LogP contribution in [0.4, 0.5) is 0 Å². The maximum atomic E-state index is 10.9. The molecule has 1 fully saturated rings. The Morgan fingerprint density at radius 3 is 3.13 bits per heavy atom. The Morgan fingerprint density at radius 1 is 1.60 bits per heavy atom. The Bertz CT molecular complexity index is 344. The number of aromatic nitrogens is 2. The summed E-state index contributed by atoms with van der Waals surface area (Å²) < 4.78 is 4.41. The van der Waals surface area contributed by atoms with E-state index in [9.17, 15) is 4.79 Å². The van der Waals surface area contributed by atoms with E-state index in [0.717, 1.165) is 37.8 Å². The minimum Gasteiger partial charge on any atom is -0.302 e. The van der Waals surface area contributed by atoms with Crippen LogP contribution in [-0.4, -0.2) is 33.4 Å². The van der Waals surface area contributed by atoms with Crippen molar-refractivity contribution in [1.29, 1.82) is 0 Å². The van der Waals surface area contributed by atoms with Gasteiger partial charge in [0.1, 0.15) is 16.3 Å². The number of halogens is 1. The van der Waals surface area contributed by atoms with Crippen LogP contribution in [0.15, 0.2) is 0 Å². The molecule has 82 valence electrons. The molecule has 6 heteroatoms. The van der Waals surface area contributed by atoms with Crippen molar-refractivity contribution in [3.63, 3.8) is 0 Å². The molecule has 0 aliphatic carbocycles. The van der Waals surface area contributed by atoms with E-state index in [1.54, 1.807) is 0 Å². The van der Waals surface area contributed by atoms with Crippen LogP contribution in [0.5, 0.6) is 0 Å². The third-order valence-corrected chi connectivity index (χ3v) is 3.67. The standard InChI is InChI=1S/C9H12ClN3OS/c10-9-8(11-12-15-9)5-13-4-2-1-3-7(13)6-14/h6-7H,1-5H2. The van der Waals surface area contributed by atoms with Gasteiger partial charge in [-0.3, -0.25) is 4.90 Å². The molecule has 0 amide bonds. The van der Waals surface area contributed by atoms with Crippen LogP contribution in [0.3, 0.4) is 0 Å². The number of nitrogens with zero attached hydrogens (tertiary/aromatic N) is 3. The molecule has 4 nitrogen and oxygen atoms in total. The first-order chi connectivity index (χ1) is 7.31. The predicted molar refractivity (Wildman–Crippen MR) is 59.0 cm³/mol. The highest BCUT2D eigenvalue weighted by atomic mass is 35.5. The van der Waals surface area contributed by atoms with E-state index in [-0.39, 0.29) is 6.04 Å². The normalized spacial score (nSPS) is 22.9. The molecule has 0 saturated carbocycles. The van der Waals surface area contributed by atoms with Crippen molar-refractivity contribution < 1.29 is 4.79 Å². The molecule has 2 rings (SSSR count). The van der Waals surface area contributed by atoms with Crippen molar-refractivity contribution >= 4 is 29.4 Å². The van der Waals surface area contributed by atoms with Crippen molar-refractivity contribution in [2.24, 2.45) is 0 Å². The number of likely N-dealkylation sites (tertiary alicyclic amines) is 1. The Morgan fingerprint density at radius 2 is 2.47 bits per heavy atom. The lowest BCUT2D eigenvalue weighted by atomic mass is 10.0. The van der Waals surface area contributed by atoms with E-state index in [0.29, 0.717) is 10.9 Å². The quantitative estimate of drug-likeness (QED) is 0.762. The first-order valence-electron chi connectivity index (χ1n) is 4.97. The molecular formula is C9H12ClN3OS. The Labute approximate surface area is 97.4 Å². The van der Waals surface area contributed by atoms with Crippen molar-refractivity contribution in [2.75, 3.05) is 6.54 Å². The van der Waals surface area contributed by atoms with Gasteiger partial charge in [0, 0.05) is 18.1 Å². The van der Waals surface area contributed by atoms with Gasteiger partial charge in [0.25, 0.3) is 0 Å². The molecule has 15 heavy (non-hydrogen) atoms. The monoisotopic (exact) mass is 245 g/mol. The number of piperidine rings is 1. The minimum absolute atomic E-state index is 0.0246. The first kappa shape index (κ1) is 11.0. The van der Waals surface area contributed by atoms with Crippen LogP contribution in [0, 0.1) is 0 Å². The van der Waals surface area contributed by atoms with E-state index in [1.807, 2.05) is 0 Å². The molecule has 1 atom stereocenters. The number of carbonyl (C=O) groups excluding carboxylic acids is 1. The van der Waals surface area contributed by atoms with Gasteiger partial charge in [0.05, 0.1) is 6.04 Å². The largest absolute Gasteiger partial charge is 0.302 e. The fraction of sp³-hybridized carbons (Fsp3) is 0.667. The van der Waals surface area contributed by atoms with E-state index >= 15 is 0 Å². The molecule has 0 bridgehead atoms. The van der Waals surface area contributed by atoms with Gasteiger partial charge < -0.3 is 4.79 Å². The van der Waals surface area contributed by atoms with Gasteiger partial charge in [-0.1, -0.05) is 22.5 Å². The third-order valence-electron chi connectivity index (χ3n) is 2.68. The van der Waals surface area contributed by atoms with Crippen molar-refractivity contribution in [2.45, 2.75) is 31.8 Å². The Kier molecular flexibility index (Phi) is 3.66. The lowest BCUT2D eigenvalue weighted by Gasteiger charge is -2.31. The van der Waals surface area contributed by atoms with Crippen LogP contribution in [0.2, 0.25) is 4.34 Å². The van der Waals surface area contributed by atoms with Crippen molar-refractivity contribution in [3.8, 4) is 0 Å². The van der Waals surface area contributed by atoms with Gasteiger partial charge in [-0.15, -0.1) is 5.10 Å². The average molecular weight is 246 g/mol. The fourth-order valence-corrected chi connectivity index (χ4v) is 2.46. The lowest BCUT2D eigenvalue weighted by molar-refractivity contribution is -0.113. The molecule has 1 aromatic rings. The maximum absolute atomic E-state index is 10.9. The van der Waals surface area contributed by atoms with Gasteiger partial charge in [-0.05, 0) is 19.4 Å². The summed E-state index contributed by atoms with van der Waals surface area (Å²) in [6, 6.07) is 0.0246. The fourth-order valence-electron chi connectivity index (χ4n) is 1.85. The van der Waals surface area contributed by atoms with Crippen LogP contribution in [0.1, 0.15) is 25.0 Å². The summed E-state index contributed by atoms with van der Waals surface area (Å²) in [5, 5.41) is 3.96. The van der Waals surface area contributed by atoms with Gasteiger partial charge in [0.15, 0.2) is 0 Å². The molecule has 0 N–H and O–H groups in total. The lowest BCUT2D eigenvalue weighted by Crippen LogP contribution is -2.40. The molecule has 0 radical (unpaired) electrons. The highest BCUT2D eigenvalue weighted by molar-refractivity contribution is 7.10. The Hall–Kier alpha value is -0.520. The Balaban J connectivity index is 2.03. The molecule has 1 unspecified atom stereocenters. The van der Waals surface area contributed by atoms with Gasteiger partial charge >= 0.3 is 0 Å². The number of rotatable bonds is 3. The second-order valence-corrected chi connectivity index (χ2v) is 5.02. The van der Waals surface area contributed by atoms with Crippen molar-refractivity contribution in [1.82, 2.24) is 14.5 Å². The van der Waals surface area contributed by atoms with Gasteiger partial charge in [-0.25, -0.2) is 0 Å². The highest BCUT2D eigenvalue weighted by Crippen LogP contribution is 2.22. The molecular weight excluding hydrogens is 234 g/mol. The van der Waals surface area contributed by atoms with Crippen LogP contribution in [0.25, 0.3) is 0 Å². The number of carbonyl (C=O) groups is 1. The first-order valence-corrected chi connectivity index (χ1v) is 6.12. The zero-order valence-electron chi connectivity index (χ0n) is 8.23. The predicted octanol–water partition coefficient (Wildman–Crippen LogP) is 1.74. The van der Waals surface area contributed by atoms with E-state index in [1.165, 1.54) is 11.5 Å². The summed E-state index contributed by atoms with van der Waals surface area (Å²) in [5.74, 6) is 0. The third kappa shape index (κ3) is 2.53. The number of hydrogen-bond acceptors (Lipinski definition) is 5. The maximum Gasteiger partial charge on any atom is 0.138 e. The summed E-state index contributed by atoms with van der Waals surface area (Å²) >= 11 is 7.12. The molecule has 1 aromatic heterocycles. The van der Waals surface area contributed by atoms with E-state index < -0.39 is 0 Å². The number of hydrogen-bond donors (Lipinski definition) is 0. The molecule has 0 spiro atoms. The minimum atomic E-state index is 0.0246. The number of aldehydes is 1. The highest BCUT2D eigenvalue weighted by Gasteiger charge is 2.23. The van der Waals surface area contributed by atoms with E-state index in [4.69, 9.17) is 11.6 Å². The summed E-state index contributed by atoms with van der Waals surface area (Å²) in [7, 11) is 0. The van der Waals surface area contributed by atoms with Crippen LogP contribution < -0.4 is 0 Å². The van der Waals surface area contributed by atoms with Crippen LogP contribution in [-0.2, 0) is 11.3 Å². The SMILES string of the molecule is O=CC1CCCCN1Cc1nnsc1Cl. The van der Waals surface area contributed by atoms with Gasteiger partial charge in [-0.2, -0.15) is 0 Å². The summed E-state index contributed by atoms with van der Waals surface area (Å²) in [6.45, 7) is 1.58. The van der Waals surface area contributed by atoms with Crippen molar-refractivity contribution in [3.05, 3.63) is 10.0 Å². The second kappa shape index (κ2) is 5.01. The average Bonchev–Trinajstić information content (AvgIpc) is 2.65. The molecule has 1 aliphatic heterocycles. The zero-order chi connectivity index (χ0) is 10.7. The molecule has 1 aliphatic rings. The summed E-state index contributed by atoms with van der Waals surface area (Å²) in [6.07, 6.45) is 4.23. The zero-order valence-corrected chi connectivity index (χ0v) is 9.80. The second-order valence-electron chi connectivity index (χ2n) is 3.66. The molecule has 1 saturated heterocycles. The molecule has 2 heterocycles.